The molecule has 0 heterocycles. The zero-order chi connectivity index (χ0) is 25.3. The lowest BCUT2D eigenvalue weighted by Crippen LogP contribution is -2.31. The summed E-state index contributed by atoms with van der Waals surface area (Å²) in [6.45, 7) is 4.21. The van der Waals surface area contributed by atoms with Gasteiger partial charge in [-0.05, 0) is 51.9 Å². The molecule has 34 heavy (non-hydrogen) atoms. The Balaban J connectivity index is 3.88. The van der Waals surface area contributed by atoms with Gasteiger partial charge in [0, 0.05) is 19.0 Å². The summed E-state index contributed by atoms with van der Waals surface area (Å²) in [4.78, 5) is 34.4. The number of hydrogen-bond donors (Lipinski definition) is 3. The minimum atomic E-state index is -1.25. The molecule has 0 spiro atoms. The monoisotopic (exact) mass is 468 g/mol. The minimum Gasteiger partial charge on any atom is -0.477 e. The van der Waals surface area contributed by atoms with E-state index in [1.54, 1.807) is 6.92 Å². The number of amides is 2. The topological polar surface area (TPSA) is 95.5 Å². The Bertz CT molecular complexity index is 799. The van der Waals surface area contributed by atoms with E-state index in [0.717, 1.165) is 44.6 Å². The average molecular weight is 469 g/mol. The number of carbonyl (C=O) groups excluding carboxylic acids is 2. The number of allylic oxidation sites excluding steroid dienone is 12. The summed E-state index contributed by atoms with van der Waals surface area (Å²) in [7, 11) is 0. The van der Waals surface area contributed by atoms with Gasteiger partial charge in [-0.2, -0.15) is 0 Å². The third-order valence-corrected chi connectivity index (χ3v) is 4.27. The van der Waals surface area contributed by atoms with Crippen LogP contribution in [0, 0.1) is 0 Å². The van der Waals surface area contributed by atoms with Gasteiger partial charge >= 0.3 is 5.97 Å². The summed E-state index contributed by atoms with van der Waals surface area (Å²) in [5.74, 6) is -2.43. The Labute approximate surface area is 204 Å². The highest BCUT2D eigenvalue weighted by Gasteiger charge is 2.10. The van der Waals surface area contributed by atoms with Crippen molar-refractivity contribution < 1.29 is 19.5 Å². The molecule has 6 heteroatoms. The number of imide groups is 1. The third kappa shape index (κ3) is 20.5. The largest absolute Gasteiger partial charge is 0.477 e. The SMILES string of the molecule is CCC=CCC=CCC=CCC=CCC=CCC=CCCC(=O)NC(=O)C=C(NCC)C(=O)O. The number of hydrogen-bond acceptors (Lipinski definition) is 4. The molecule has 6 nitrogen and oxygen atoms in total. The molecule has 186 valence electrons. The highest BCUT2D eigenvalue weighted by molar-refractivity contribution is 6.04. The molecule has 0 saturated carbocycles. The second-order valence-electron chi connectivity index (χ2n) is 7.26. The fraction of sp³-hybridized carbons (Fsp3) is 0.393. The van der Waals surface area contributed by atoms with Gasteiger partial charge in [-0.15, -0.1) is 0 Å². The predicted octanol–water partition coefficient (Wildman–Crippen LogP) is 5.69. The normalized spacial score (nSPS) is 12.8. The van der Waals surface area contributed by atoms with Gasteiger partial charge in [-0.1, -0.05) is 79.8 Å². The molecule has 0 aliphatic carbocycles. The van der Waals surface area contributed by atoms with E-state index >= 15 is 0 Å². The number of likely N-dealkylation sites (N-methyl/N-ethyl adjacent to an activating group) is 1. The van der Waals surface area contributed by atoms with Crippen molar-refractivity contribution in [3.8, 4) is 0 Å². The van der Waals surface area contributed by atoms with Crippen LogP contribution in [-0.2, 0) is 14.4 Å². The van der Waals surface area contributed by atoms with Gasteiger partial charge in [0.05, 0.1) is 0 Å². The number of aliphatic carboxylic acids is 1. The first-order valence-electron chi connectivity index (χ1n) is 11.9. The van der Waals surface area contributed by atoms with Crippen molar-refractivity contribution in [2.24, 2.45) is 0 Å². The molecule has 0 radical (unpaired) electrons. The van der Waals surface area contributed by atoms with E-state index < -0.39 is 17.8 Å². The predicted molar refractivity (Wildman–Crippen MR) is 140 cm³/mol. The number of rotatable bonds is 18. The summed E-state index contributed by atoms with van der Waals surface area (Å²) in [6, 6.07) is 0. The van der Waals surface area contributed by atoms with Gasteiger partial charge in [0.2, 0.25) is 5.91 Å². The minimum absolute atomic E-state index is 0.158. The van der Waals surface area contributed by atoms with Crippen LogP contribution in [-0.4, -0.2) is 29.4 Å². The lowest BCUT2D eigenvalue weighted by Gasteiger charge is -2.04. The zero-order valence-electron chi connectivity index (χ0n) is 20.5. The lowest BCUT2D eigenvalue weighted by atomic mass is 10.2. The van der Waals surface area contributed by atoms with Crippen LogP contribution in [0.4, 0.5) is 0 Å². The van der Waals surface area contributed by atoms with Crippen molar-refractivity contribution in [3.05, 3.63) is 84.7 Å². The molecule has 0 aromatic heterocycles. The van der Waals surface area contributed by atoms with Crippen molar-refractivity contribution in [3.63, 3.8) is 0 Å². The number of nitrogens with one attached hydrogen (secondary N) is 2. The van der Waals surface area contributed by atoms with Crippen molar-refractivity contribution >= 4 is 17.8 Å². The molecule has 0 aromatic carbocycles. The fourth-order valence-electron chi connectivity index (χ4n) is 2.60. The molecule has 3 N–H and O–H groups in total. The number of carboxylic acids is 1. The van der Waals surface area contributed by atoms with E-state index in [9.17, 15) is 14.4 Å². The molecule has 0 rings (SSSR count). The second kappa shape index (κ2) is 22.8. The van der Waals surface area contributed by atoms with E-state index in [2.05, 4.69) is 78.3 Å². The Morgan fingerprint density at radius 1 is 0.676 bits per heavy atom. The number of carbonyl (C=O) groups is 3. The molecule has 0 fully saturated rings. The van der Waals surface area contributed by atoms with E-state index in [1.165, 1.54) is 0 Å². The lowest BCUT2D eigenvalue weighted by molar-refractivity contribution is -0.134. The van der Waals surface area contributed by atoms with Gasteiger partial charge in [0.25, 0.3) is 5.91 Å². The summed E-state index contributed by atoms with van der Waals surface area (Å²) in [5, 5.41) is 13.7. The van der Waals surface area contributed by atoms with Crippen molar-refractivity contribution in [1.82, 2.24) is 10.6 Å². The summed E-state index contributed by atoms with van der Waals surface area (Å²) >= 11 is 0. The maximum absolute atomic E-state index is 11.8. The second-order valence-corrected chi connectivity index (χ2v) is 7.26. The molecule has 0 aliphatic heterocycles. The average Bonchev–Trinajstić information content (AvgIpc) is 2.80. The summed E-state index contributed by atoms with van der Waals surface area (Å²) < 4.78 is 0. The standard InChI is InChI=1S/C28H40N2O4/c1-3-5-6-7-8-9-10-11-12-13-14-15-16-17-18-19-20-21-22-23-26(31)30-27(32)24-25(28(33)34)29-4-2/h5-6,8-9,11-12,14-15,17-18,20-21,24,29H,3-4,7,10,13,16,19,22-23H2,1-2H3,(H,33,34)(H,30,31,32). The van der Waals surface area contributed by atoms with E-state index in [-0.39, 0.29) is 12.1 Å². The van der Waals surface area contributed by atoms with Gasteiger partial charge in [-0.25, -0.2) is 4.79 Å². The first-order chi connectivity index (χ1) is 16.5. The van der Waals surface area contributed by atoms with Crippen molar-refractivity contribution in [1.29, 1.82) is 0 Å². The Morgan fingerprint density at radius 3 is 1.53 bits per heavy atom. The van der Waals surface area contributed by atoms with E-state index in [0.29, 0.717) is 13.0 Å². The quantitative estimate of drug-likeness (QED) is 0.178. The van der Waals surface area contributed by atoms with Gasteiger partial charge in [0.1, 0.15) is 5.70 Å². The van der Waals surface area contributed by atoms with Crippen LogP contribution >= 0.6 is 0 Å². The van der Waals surface area contributed by atoms with Crippen LogP contribution in [0.3, 0.4) is 0 Å². The van der Waals surface area contributed by atoms with Gasteiger partial charge in [0.15, 0.2) is 0 Å². The Morgan fingerprint density at radius 2 is 1.12 bits per heavy atom. The Kier molecular flexibility index (Phi) is 20.5. The van der Waals surface area contributed by atoms with Crippen LogP contribution in [0.25, 0.3) is 0 Å². The van der Waals surface area contributed by atoms with Crippen LogP contribution in [0.5, 0.6) is 0 Å². The van der Waals surface area contributed by atoms with Crippen LogP contribution in [0.15, 0.2) is 84.7 Å². The molecular weight excluding hydrogens is 428 g/mol. The third-order valence-electron chi connectivity index (χ3n) is 4.27. The molecule has 0 saturated heterocycles. The number of carboxylic acid groups (broad SMARTS) is 1. The first kappa shape index (κ1) is 30.6. The molecular formula is C28H40N2O4. The summed E-state index contributed by atoms with van der Waals surface area (Å²) in [5.41, 5.74) is -0.246. The molecule has 0 aromatic rings. The van der Waals surface area contributed by atoms with Crippen LogP contribution in [0.2, 0.25) is 0 Å². The van der Waals surface area contributed by atoms with Crippen LogP contribution in [0.1, 0.15) is 65.2 Å². The molecule has 0 unspecified atom stereocenters. The first-order valence-corrected chi connectivity index (χ1v) is 11.9. The zero-order valence-corrected chi connectivity index (χ0v) is 20.5. The van der Waals surface area contributed by atoms with Crippen molar-refractivity contribution in [2.75, 3.05) is 6.54 Å². The highest BCUT2D eigenvalue weighted by Crippen LogP contribution is 1.98. The van der Waals surface area contributed by atoms with Crippen molar-refractivity contribution in [2.45, 2.75) is 65.2 Å². The van der Waals surface area contributed by atoms with Crippen LogP contribution < -0.4 is 10.6 Å². The maximum atomic E-state index is 11.8. The van der Waals surface area contributed by atoms with E-state index in [1.807, 2.05) is 12.2 Å². The molecule has 0 bridgehead atoms. The van der Waals surface area contributed by atoms with Gasteiger partial charge in [-0.3, -0.25) is 14.9 Å². The molecule has 0 aliphatic rings. The molecule has 0 atom stereocenters. The smallest absolute Gasteiger partial charge is 0.352 e. The maximum Gasteiger partial charge on any atom is 0.352 e. The van der Waals surface area contributed by atoms with Gasteiger partial charge < -0.3 is 10.4 Å². The molecule has 2 amide bonds. The van der Waals surface area contributed by atoms with E-state index in [4.69, 9.17) is 5.11 Å². The summed E-state index contributed by atoms with van der Waals surface area (Å²) in [6.07, 6.45) is 32.6. The highest BCUT2D eigenvalue weighted by atomic mass is 16.4. The fourth-order valence-corrected chi connectivity index (χ4v) is 2.60. The Hall–Kier alpha value is -3.41.